The van der Waals surface area contributed by atoms with Gasteiger partial charge in [0.25, 0.3) is 0 Å². The van der Waals surface area contributed by atoms with Crippen molar-refractivity contribution in [1.29, 1.82) is 0 Å². The summed E-state index contributed by atoms with van der Waals surface area (Å²) in [6, 6.07) is 51.2. The van der Waals surface area contributed by atoms with Gasteiger partial charge in [0.2, 0.25) is 0 Å². The zero-order chi connectivity index (χ0) is 30.2. The molecule has 0 fully saturated rings. The molecule has 0 atom stereocenters. The van der Waals surface area contributed by atoms with Crippen LogP contribution in [0.3, 0.4) is 0 Å². The molecule has 45 heavy (non-hydrogen) atoms. The van der Waals surface area contributed by atoms with Crippen LogP contribution in [0.1, 0.15) is 27.8 Å². The normalized spacial score (nSPS) is 10.1. The van der Waals surface area contributed by atoms with E-state index >= 15 is 0 Å². The first kappa shape index (κ1) is 36.5. The topological polar surface area (TPSA) is 0 Å². The van der Waals surface area contributed by atoms with Crippen LogP contribution < -0.4 is 24.8 Å². The molecule has 0 nitrogen and oxygen atoms in total. The van der Waals surface area contributed by atoms with Crippen molar-refractivity contribution in [2.24, 2.45) is 0 Å². The molecule has 0 amide bonds. The predicted molar refractivity (Wildman–Crippen MR) is 186 cm³/mol. The van der Waals surface area contributed by atoms with Crippen LogP contribution >= 0.6 is 0 Å². The van der Waals surface area contributed by atoms with E-state index in [0.29, 0.717) is 6.16 Å². The Labute approximate surface area is 297 Å². The fourth-order valence-electron chi connectivity index (χ4n) is 5.65. The first-order valence-electron chi connectivity index (χ1n) is 14.9. The molecule has 0 spiro atoms. The van der Waals surface area contributed by atoms with Gasteiger partial charge in [-0.3, -0.25) is 0 Å². The van der Waals surface area contributed by atoms with Crippen LogP contribution in [0.4, 0.5) is 0 Å². The summed E-state index contributed by atoms with van der Waals surface area (Å²) >= 11 is 1.72. The Morgan fingerprint density at radius 3 is 1.27 bits per heavy atom. The van der Waals surface area contributed by atoms with Crippen LogP contribution in [0.2, 0.25) is 0 Å². The molecule has 0 radical (unpaired) electrons. The Hall–Kier alpha value is -3.00. The second kappa shape index (κ2) is 17.6. The molecule has 0 bridgehead atoms. The summed E-state index contributed by atoms with van der Waals surface area (Å²) in [6.07, 6.45) is 0.715. The Morgan fingerprint density at radius 1 is 0.511 bits per heavy atom. The molecule has 7 aromatic carbocycles. The fraction of sp³-hybridized carbons (Fsp3) is 0.122. The minimum atomic E-state index is 0. The molecule has 0 aliphatic heterocycles. The molecule has 226 valence electrons. The van der Waals surface area contributed by atoms with E-state index in [2.05, 4.69) is 167 Å². The molecule has 0 heterocycles. The maximum absolute atomic E-state index is 2.28. The second-order valence-electron chi connectivity index (χ2n) is 11.2. The van der Waals surface area contributed by atoms with Crippen molar-refractivity contribution in [2.75, 3.05) is 0 Å². The van der Waals surface area contributed by atoms with Gasteiger partial charge in [-0.15, -0.1) is 68.1 Å². The average molecular weight is 721 g/mol. The summed E-state index contributed by atoms with van der Waals surface area (Å²) in [5, 5.41) is 5.50. The van der Waals surface area contributed by atoms with Crippen molar-refractivity contribution < 1.29 is 48.1 Å². The van der Waals surface area contributed by atoms with Crippen molar-refractivity contribution in [3.8, 4) is 22.3 Å². The summed E-state index contributed by atoms with van der Waals surface area (Å²) in [7, 11) is 0. The molecule has 0 N–H and O–H groups in total. The number of hydrogen-bond donors (Lipinski definition) is 0. The molecule has 0 saturated heterocycles. The SMILES string of the molecule is Cc1cc2c(-c3ccccc3)ccc(C)c2[cH-]1.Cc1cc2c(-c3ccccc3)ccc(C)c2[cH-]1.[Cl-].[Cl-].[Zr+2]=[SiH]Cc1ccccc1. The number of fused-ring (bicyclic) bond motifs is 2. The third-order valence-electron chi connectivity index (χ3n) is 7.85. The molecule has 0 aliphatic rings. The third kappa shape index (κ3) is 9.27. The minimum absolute atomic E-state index is 0. The summed E-state index contributed by atoms with van der Waals surface area (Å²) in [5.41, 5.74) is 12.1. The Balaban J connectivity index is 0.000000189. The molecule has 0 saturated carbocycles. The Bertz CT molecular complexity index is 1820. The van der Waals surface area contributed by atoms with E-state index in [-0.39, 0.29) is 24.8 Å². The van der Waals surface area contributed by atoms with Crippen molar-refractivity contribution in [3.63, 3.8) is 0 Å². The first-order chi connectivity index (χ1) is 20.9. The quantitative estimate of drug-likeness (QED) is 0.182. The van der Waals surface area contributed by atoms with Gasteiger partial charge in [-0.2, -0.15) is 12.1 Å². The van der Waals surface area contributed by atoms with Gasteiger partial charge in [-0.05, 0) is 11.1 Å². The molecule has 7 rings (SSSR count). The second-order valence-corrected chi connectivity index (χ2v) is 15.0. The van der Waals surface area contributed by atoms with E-state index in [1.54, 1.807) is 23.3 Å². The zero-order valence-corrected chi connectivity index (χ0v) is 31.4. The number of hydrogen-bond acceptors (Lipinski definition) is 0. The summed E-state index contributed by atoms with van der Waals surface area (Å²) < 4.78 is 0. The number of benzene rings is 5. The van der Waals surface area contributed by atoms with E-state index < -0.39 is 0 Å². The molecule has 7 aromatic rings. The van der Waals surface area contributed by atoms with Crippen LogP contribution in [-0.4, -0.2) is 6.16 Å². The van der Waals surface area contributed by atoms with Gasteiger partial charge in [-0.25, -0.2) is 0 Å². The predicted octanol–water partition coefficient (Wildman–Crippen LogP) is 4.78. The van der Waals surface area contributed by atoms with Crippen LogP contribution in [0, 0.1) is 27.7 Å². The van der Waals surface area contributed by atoms with Crippen molar-refractivity contribution in [1.82, 2.24) is 0 Å². The van der Waals surface area contributed by atoms with Gasteiger partial charge in [0.1, 0.15) is 0 Å². The Kier molecular flexibility index (Phi) is 14.3. The Morgan fingerprint density at radius 2 is 0.889 bits per heavy atom. The molecule has 0 aliphatic carbocycles. The molecule has 0 unspecified atom stereocenters. The van der Waals surface area contributed by atoms with E-state index in [0.717, 1.165) is 0 Å². The molecular formula is C41H38Cl2SiZr-2. The first-order valence-corrected chi connectivity index (χ1v) is 20.6. The standard InChI is InChI=1S/2C17H15.C7H8Si.2ClH.Zr/c2*1-12-10-16-13(2)8-9-15(17(16)11-12)14-6-4-3-5-7-14;8-6-7-4-2-1-3-5-7;;;/h2*3-11H,1-2H3;1-5,8H,6H2;2*1H;/q2*-1;;;;+2/p-2. The fourth-order valence-corrected chi connectivity index (χ4v) is 7.90. The van der Waals surface area contributed by atoms with Crippen LogP contribution in [0.25, 0.3) is 43.8 Å². The van der Waals surface area contributed by atoms with Crippen LogP contribution in [-0.2, 0) is 29.4 Å². The molecule has 0 aromatic heterocycles. The van der Waals surface area contributed by atoms with Crippen LogP contribution in [0.5, 0.6) is 0 Å². The summed E-state index contributed by atoms with van der Waals surface area (Å²) in [5.74, 6) is 0. The van der Waals surface area contributed by atoms with E-state index in [1.807, 2.05) is 0 Å². The van der Waals surface area contributed by atoms with E-state index in [9.17, 15) is 0 Å². The van der Waals surface area contributed by atoms with Gasteiger partial charge < -0.3 is 24.8 Å². The zero-order valence-electron chi connectivity index (χ0n) is 26.3. The monoisotopic (exact) mass is 718 g/mol. The van der Waals surface area contributed by atoms with Gasteiger partial charge in [0, 0.05) is 0 Å². The van der Waals surface area contributed by atoms with E-state index in [4.69, 9.17) is 0 Å². The van der Waals surface area contributed by atoms with Crippen molar-refractivity contribution >= 4 is 27.7 Å². The number of halogens is 2. The van der Waals surface area contributed by atoms with Crippen LogP contribution in [0.15, 0.2) is 140 Å². The average Bonchev–Trinajstić information content (AvgIpc) is 3.63. The third-order valence-corrected chi connectivity index (χ3v) is 10.0. The molecule has 4 heteroatoms. The van der Waals surface area contributed by atoms with Gasteiger partial charge in [0.15, 0.2) is 0 Å². The van der Waals surface area contributed by atoms with Gasteiger partial charge in [-0.1, -0.05) is 112 Å². The molecular weight excluding hydrogens is 683 g/mol. The number of aryl methyl sites for hydroxylation is 4. The van der Waals surface area contributed by atoms with Gasteiger partial charge >= 0.3 is 71.4 Å². The van der Waals surface area contributed by atoms with Crippen molar-refractivity contribution in [3.05, 3.63) is 167 Å². The maximum atomic E-state index is 2.28. The number of rotatable bonds is 4. The summed E-state index contributed by atoms with van der Waals surface area (Å²) in [4.78, 5) is 0. The summed E-state index contributed by atoms with van der Waals surface area (Å²) in [6.45, 7) is 8.68. The van der Waals surface area contributed by atoms with E-state index in [1.165, 1.54) is 77.7 Å². The van der Waals surface area contributed by atoms with Crippen molar-refractivity contribution in [2.45, 2.75) is 33.7 Å². The van der Waals surface area contributed by atoms with Gasteiger partial charge in [0.05, 0.1) is 0 Å².